The summed E-state index contributed by atoms with van der Waals surface area (Å²) in [5.41, 5.74) is 16.4. The number of fused-ring (bicyclic) bond motifs is 5. The van der Waals surface area contributed by atoms with Crippen LogP contribution in [-0.4, -0.2) is 4.57 Å². The number of hydrogen-bond donors (Lipinski definition) is 0. The molecular weight excluding hydrogens is 687 g/mol. The van der Waals surface area contributed by atoms with Gasteiger partial charge in [-0.15, -0.1) is 0 Å². The summed E-state index contributed by atoms with van der Waals surface area (Å²) >= 11 is 0. The number of nitrogens with zero attached hydrogens (tertiary/aromatic N) is 1. The molecule has 0 saturated heterocycles. The lowest BCUT2D eigenvalue weighted by Crippen LogP contribution is -2.10. The third-order valence-corrected chi connectivity index (χ3v) is 12.0. The lowest BCUT2D eigenvalue weighted by atomic mass is 9.85. The molecule has 1 heterocycles. The van der Waals surface area contributed by atoms with Gasteiger partial charge in [0.15, 0.2) is 0 Å². The molecule has 0 aliphatic rings. The van der Waals surface area contributed by atoms with E-state index in [1.165, 1.54) is 105 Å². The molecule has 0 amide bonds. The predicted octanol–water partition coefficient (Wildman–Crippen LogP) is 15.8. The molecule has 10 aromatic rings. The summed E-state index contributed by atoms with van der Waals surface area (Å²) in [4.78, 5) is 0. The average molecular weight is 732 g/mol. The van der Waals surface area contributed by atoms with E-state index in [0.717, 1.165) is 6.54 Å². The Morgan fingerprint density at radius 2 is 0.684 bits per heavy atom. The van der Waals surface area contributed by atoms with Gasteiger partial charge in [-0.1, -0.05) is 185 Å². The molecule has 0 unspecified atom stereocenters. The summed E-state index contributed by atoms with van der Waals surface area (Å²) < 4.78 is 2.45. The van der Waals surface area contributed by atoms with Crippen LogP contribution in [-0.2, 0) is 12.0 Å². The molecule has 0 radical (unpaired) electrons. The summed E-state index contributed by atoms with van der Waals surface area (Å²) in [7, 11) is 0. The fourth-order valence-corrected chi connectivity index (χ4v) is 8.99. The molecule has 0 atom stereocenters. The first-order chi connectivity index (χ1) is 27.9. The van der Waals surface area contributed by atoms with Gasteiger partial charge in [0.1, 0.15) is 0 Å². The Hall–Kier alpha value is -6.70. The number of hydrogen-bond acceptors (Lipinski definition) is 0. The first-order valence-corrected chi connectivity index (χ1v) is 20.2. The van der Waals surface area contributed by atoms with Crippen LogP contribution in [0.4, 0.5) is 0 Å². The van der Waals surface area contributed by atoms with Crippen molar-refractivity contribution in [2.45, 2.75) is 39.7 Å². The Balaban J connectivity index is 1.03. The van der Waals surface area contributed by atoms with Crippen LogP contribution in [0.1, 0.15) is 33.3 Å². The standard InChI is InChI=1S/C56H45N/c1-5-57-52-33-31-44(35-50(52)51-36-45(56(2,3)4)32-34-53(51)57)41-25-29-43(30-26-41)55-48-17-11-9-15-46(48)54(47-16-10-12-18-49(47)55)42-27-23-40(24-28-42)39-21-19-38(20-22-39)37-13-7-6-8-14-37/h6-36H,5H2,1-4H3. The second kappa shape index (κ2) is 13.8. The largest absolute Gasteiger partial charge is 0.341 e. The zero-order chi connectivity index (χ0) is 38.7. The SMILES string of the molecule is CCn1c2ccc(-c3ccc(-c4c5ccccc5c(-c5ccc(-c6ccc(-c7ccccc7)cc6)cc5)c5ccccc45)cc3)cc2c2cc(C(C)(C)C)ccc21. The van der Waals surface area contributed by atoms with Crippen LogP contribution in [0.5, 0.6) is 0 Å². The van der Waals surface area contributed by atoms with Crippen LogP contribution in [0.3, 0.4) is 0 Å². The maximum absolute atomic E-state index is 2.45. The normalized spacial score (nSPS) is 11.9. The summed E-state index contributed by atoms with van der Waals surface area (Å²) in [6.45, 7) is 10.1. The first kappa shape index (κ1) is 34.8. The third kappa shape index (κ3) is 6.03. The number of benzene rings is 9. The van der Waals surface area contributed by atoms with Crippen molar-refractivity contribution in [1.29, 1.82) is 0 Å². The summed E-state index contributed by atoms with van der Waals surface area (Å²) in [6, 6.07) is 69.7. The Morgan fingerprint density at radius 3 is 1.12 bits per heavy atom. The topological polar surface area (TPSA) is 4.93 Å². The van der Waals surface area contributed by atoms with Crippen molar-refractivity contribution >= 4 is 43.4 Å². The van der Waals surface area contributed by atoms with Crippen LogP contribution >= 0.6 is 0 Å². The van der Waals surface area contributed by atoms with E-state index in [1.807, 2.05) is 0 Å². The predicted molar refractivity (Wildman–Crippen MR) is 246 cm³/mol. The van der Waals surface area contributed by atoms with Crippen molar-refractivity contribution in [3.05, 3.63) is 194 Å². The van der Waals surface area contributed by atoms with E-state index in [-0.39, 0.29) is 5.41 Å². The molecule has 0 bridgehead atoms. The quantitative estimate of drug-likeness (QED) is 0.150. The second-order valence-corrected chi connectivity index (χ2v) is 16.4. The molecule has 0 aliphatic heterocycles. The fraction of sp³-hybridized carbons (Fsp3) is 0.107. The smallest absolute Gasteiger partial charge is 0.0491 e. The third-order valence-electron chi connectivity index (χ3n) is 12.0. The first-order valence-electron chi connectivity index (χ1n) is 20.2. The molecule has 0 spiro atoms. The lowest BCUT2D eigenvalue weighted by molar-refractivity contribution is 0.591. The molecule has 274 valence electrons. The van der Waals surface area contributed by atoms with Gasteiger partial charge in [-0.2, -0.15) is 0 Å². The Bertz CT molecular complexity index is 3030. The van der Waals surface area contributed by atoms with E-state index in [4.69, 9.17) is 0 Å². The van der Waals surface area contributed by atoms with Gasteiger partial charge in [0.05, 0.1) is 0 Å². The average Bonchev–Trinajstić information content (AvgIpc) is 3.58. The van der Waals surface area contributed by atoms with Crippen LogP contribution in [0.2, 0.25) is 0 Å². The summed E-state index contributed by atoms with van der Waals surface area (Å²) in [5, 5.41) is 7.72. The molecule has 0 fully saturated rings. The lowest BCUT2D eigenvalue weighted by Gasteiger charge is -2.19. The van der Waals surface area contributed by atoms with Crippen molar-refractivity contribution in [2.24, 2.45) is 0 Å². The van der Waals surface area contributed by atoms with Crippen molar-refractivity contribution in [3.8, 4) is 55.6 Å². The number of aromatic nitrogens is 1. The molecule has 0 saturated carbocycles. The van der Waals surface area contributed by atoms with Crippen molar-refractivity contribution < 1.29 is 0 Å². The summed E-state index contributed by atoms with van der Waals surface area (Å²) in [5.74, 6) is 0. The van der Waals surface area contributed by atoms with Gasteiger partial charge in [0, 0.05) is 28.4 Å². The monoisotopic (exact) mass is 731 g/mol. The Kier molecular flexibility index (Phi) is 8.42. The Morgan fingerprint density at radius 1 is 0.333 bits per heavy atom. The molecule has 1 nitrogen and oxygen atoms in total. The van der Waals surface area contributed by atoms with Crippen LogP contribution in [0.15, 0.2) is 188 Å². The zero-order valence-corrected chi connectivity index (χ0v) is 33.1. The molecule has 9 aromatic carbocycles. The highest BCUT2D eigenvalue weighted by Gasteiger charge is 2.19. The van der Waals surface area contributed by atoms with E-state index in [0.29, 0.717) is 0 Å². The van der Waals surface area contributed by atoms with Gasteiger partial charge in [0.2, 0.25) is 0 Å². The van der Waals surface area contributed by atoms with Crippen LogP contribution in [0, 0.1) is 0 Å². The van der Waals surface area contributed by atoms with Gasteiger partial charge in [0.25, 0.3) is 0 Å². The van der Waals surface area contributed by atoms with Gasteiger partial charge >= 0.3 is 0 Å². The minimum atomic E-state index is 0.0933. The minimum absolute atomic E-state index is 0.0933. The minimum Gasteiger partial charge on any atom is -0.341 e. The van der Waals surface area contributed by atoms with Crippen LogP contribution < -0.4 is 0 Å². The van der Waals surface area contributed by atoms with Gasteiger partial charge < -0.3 is 4.57 Å². The summed E-state index contributed by atoms with van der Waals surface area (Å²) in [6.07, 6.45) is 0. The number of rotatable bonds is 6. The van der Waals surface area contributed by atoms with Crippen molar-refractivity contribution in [1.82, 2.24) is 4.57 Å². The highest BCUT2D eigenvalue weighted by molar-refractivity contribution is 6.21. The molecule has 0 aliphatic carbocycles. The van der Waals surface area contributed by atoms with Crippen molar-refractivity contribution in [2.75, 3.05) is 0 Å². The molecule has 1 heteroatoms. The van der Waals surface area contributed by atoms with Gasteiger partial charge in [-0.3, -0.25) is 0 Å². The highest BCUT2D eigenvalue weighted by Crippen LogP contribution is 2.44. The van der Waals surface area contributed by atoms with Crippen molar-refractivity contribution in [3.63, 3.8) is 0 Å². The zero-order valence-electron chi connectivity index (χ0n) is 33.1. The van der Waals surface area contributed by atoms with E-state index >= 15 is 0 Å². The molecule has 0 N–H and O–H groups in total. The van der Waals surface area contributed by atoms with E-state index in [1.54, 1.807) is 0 Å². The van der Waals surface area contributed by atoms with Gasteiger partial charge in [-0.25, -0.2) is 0 Å². The fourth-order valence-electron chi connectivity index (χ4n) is 8.99. The number of aryl methyl sites for hydroxylation is 1. The van der Waals surface area contributed by atoms with E-state index in [9.17, 15) is 0 Å². The molecule has 1 aromatic heterocycles. The van der Waals surface area contributed by atoms with Crippen LogP contribution in [0.25, 0.3) is 99.0 Å². The highest BCUT2D eigenvalue weighted by atomic mass is 15.0. The second-order valence-electron chi connectivity index (χ2n) is 16.4. The Labute approximate surface area is 335 Å². The maximum atomic E-state index is 2.45. The molecular formula is C56H45N. The van der Waals surface area contributed by atoms with E-state index in [2.05, 4.69) is 220 Å². The molecule has 57 heavy (non-hydrogen) atoms. The van der Waals surface area contributed by atoms with Gasteiger partial charge in [-0.05, 0) is 119 Å². The molecule has 10 rings (SSSR count). The maximum Gasteiger partial charge on any atom is 0.0491 e. The van der Waals surface area contributed by atoms with E-state index < -0.39 is 0 Å².